The fourth-order valence-electron chi connectivity index (χ4n) is 2.22. The summed E-state index contributed by atoms with van der Waals surface area (Å²) in [5, 5.41) is 6.96. The number of aromatic nitrogens is 1. The van der Waals surface area contributed by atoms with Gasteiger partial charge in [0.2, 0.25) is 5.91 Å². The Morgan fingerprint density at radius 2 is 1.92 bits per heavy atom. The van der Waals surface area contributed by atoms with Gasteiger partial charge in [0.15, 0.2) is 0 Å². The lowest BCUT2D eigenvalue weighted by Gasteiger charge is -2.08. The highest BCUT2D eigenvalue weighted by atomic mass is 35.5. The van der Waals surface area contributed by atoms with Gasteiger partial charge in [-0.3, -0.25) is 4.79 Å². The molecule has 3 aromatic rings. The van der Waals surface area contributed by atoms with Crippen molar-refractivity contribution in [1.82, 2.24) is 4.98 Å². The van der Waals surface area contributed by atoms with Crippen molar-refractivity contribution in [1.29, 1.82) is 0 Å². The van der Waals surface area contributed by atoms with E-state index in [0.29, 0.717) is 10.0 Å². The summed E-state index contributed by atoms with van der Waals surface area (Å²) in [5.74, 6) is -0.117. The molecule has 0 aliphatic rings. The van der Waals surface area contributed by atoms with Crippen molar-refractivity contribution in [2.24, 2.45) is 0 Å². The number of carbonyl (C=O) groups is 1. The minimum absolute atomic E-state index is 0.117. The number of carbonyl (C=O) groups excluding carboxylic acids is 1. The highest BCUT2D eigenvalue weighted by Crippen LogP contribution is 2.26. The number of rotatable bonds is 4. The molecule has 0 saturated heterocycles. The molecular formula is C18H14Cl2N2OS. The second-order valence-electron chi connectivity index (χ2n) is 5.29. The van der Waals surface area contributed by atoms with E-state index in [0.717, 1.165) is 27.5 Å². The van der Waals surface area contributed by atoms with Crippen LogP contribution in [0.25, 0.3) is 10.6 Å². The van der Waals surface area contributed by atoms with Crippen LogP contribution in [0.4, 0.5) is 5.69 Å². The van der Waals surface area contributed by atoms with Gasteiger partial charge in [0.05, 0.1) is 12.1 Å². The Labute approximate surface area is 154 Å². The zero-order chi connectivity index (χ0) is 17.1. The maximum absolute atomic E-state index is 12.2. The fraction of sp³-hybridized carbons (Fsp3) is 0.111. The van der Waals surface area contributed by atoms with Gasteiger partial charge in [0, 0.05) is 26.7 Å². The average molecular weight is 377 g/mol. The van der Waals surface area contributed by atoms with Crippen LogP contribution in [0.5, 0.6) is 0 Å². The minimum atomic E-state index is -0.117. The molecule has 122 valence electrons. The van der Waals surface area contributed by atoms with Crippen molar-refractivity contribution < 1.29 is 4.79 Å². The highest BCUT2D eigenvalue weighted by Gasteiger charge is 2.11. The summed E-state index contributed by atoms with van der Waals surface area (Å²) in [4.78, 5) is 16.7. The van der Waals surface area contributed by atoms with Gasteiger partial charge in [-0.05, 0) is 36.8 Å². The van der Waals surface area contributed by atoms with Crippen molar-refractivity contribution in [2.45, 2.75) is 13.3 Å². The van der Waals surface area contributed by atoms with Gasteiger partial charge >= 0.3 is 0 Å². The number of amides is 1. The van der Waals surface area contributed by atoms with E-state index >= 15 is 0 Å². The molecule has 0 unspecified atom stereocenters. The predicted octanol–water partition coefficient (Wildman–Crippen LogP) is 5.61. The van der Waals surface area contributed by atoms with E-state index in [-0.39, 0.29) is 12.3 Å². The van der Waals surface area contributed by atoms with Gasteiger partial charge in [-0.15, -0.1) is 11.3 Å². The van der Waals surface area contributed by atoms with Crippen molar-refractivity contribution in [3.8, 4) is 10.6 Å². The quantitative estimate of drug-likeness (QED) is 0.642. The molecule has 1 N–H and O–H groups in total. The van der Waals surface area contributed by atoms with E-state index in [2.05, 4.69) is 10.3 Å². The smallest absolute Gasteiger partial charge is 0.230 e. The molecule has 0 aliphatic carbocycles. The number of halogens is 2. The summed E-state index contributed by atoms with van der Waals surface area (Å²) in [5.41, 5.74) is 3.30. The maximum atomic E-state index is 12.2. The SMILES string of the molecule is Cc1c(Cl)cccc1NC(=O)Cc1csc(-c2ccc(Cl)cc2)n1. The van der Waals surface area contributed by atoms with Crippen molar-refractivity contribution in [3.05, 3.63) is 69.1 Å². The van der Waals surface area contributed by atoms with E-state index in [9.17, 15) is 4.79 Å². The largest absolute Gasteiger partial charge is 0.325 e. The van der Waals surface area contributed by atoms with Crippen LogP contribution < -0.4 is 5.32 Å². The molecule has 1 heterocycles. The molecule has 2 aromatic carbocycles. The Kier molecular flexibility index (Phi) is 5.19. The standard InChI is InChI=1S/C18H14Cl2N2OS/c1-11-15(20)3-2-4-16(11)22-17(23)9-14-10-24-18(21-14)12-5-7-13(19)8-6-12/h2-8,10H,9H2,1H3,(H,22,23). The molecule has 6 heteroatoms. The van der Waals surface area contributed by atoms with Crippen molar-refractivity contribution in [3.63, 3.8) is 0 Å². The Hall–Kier alpha value is -1.88. The molecule has 1 amide bonds. The van der Waals surface area contributed by atoms with Crippen LogP contribution in [-0.2, 0) is 11.2 Å². The van der Waals surface area contributed by atoms with Gasteiger partial charge < -0.3 is 5.32 Å². The second kappa shape index (κ2) is 7.34. The van der Waals surface area contributed by atoms with Crippen LogP contribution in [0.1, 0.15) is 11.3 Å². The van der Waals surface area contributed by atoms with Crippen LogP contribution in [0.3, 0.4) is 0 Å². The summed E-state index contributed by atoms with van der Waals surface area (Å²) < 4.78 is 0. The number of nitrogens with zero attached hydrogens (tertiary/aromatic N) is 1. The lowest BCUT2D eigenvalue weighted by Crippen LogP contribution is -2.15. The van der Waals surface area contributed by atoms with Crippen LogP contribution >= 0.6 is 34.5 Å². The minimum Gasteiger partial charge on any atom is -0.325 e. The van der Waals surface area contributed by atoms with Crippen LogP contribution in [0, 0.1) is 6.92 Å². The van der Waals surface area contributed by atoms with Crippen molar-refractivity contribution >= 4 is 46.1 Å². The zero-order valence-electron chi connectivity index (χ0n) is 12.8. The maximum Gasteiger partial charge on any atom is 0.230 e. The third kappa shape index (κ3) is 3.96. The van der Waals surface area contributed by atoms with Gasteiger partial charge in [0.1, 0.15) is 5.01 Å². The van der Waals surface area contributed by atoms with Gasteiger partial charge in [-0.1, -0.05) is 41.4 Å². The molecule has 0 atom stereocenters. The number of benzene rings is 2. The summed E-state index contributed by atoms with van der Waals surface area (Å²) >= 11 is 13.5. The first-order valence-corrected chi connectivity index (χ1v) is 8.92. The third-order valence-electron chi connectivity index (χ3n) is 3.53. The fourth-order valence-corrected chi connectivity index (χ4v) is 3.34. The van der Waals surface area contributed by atoms with Crippen LogP contribution in [-0.4, -0.2) is 10.9 Å². The first kappa shape index (κ1) is 17.0. The number of nitrogens with one attached hydrogen (secondary N) is 1. The number of hydrogen-bond acceptors (Lipinski definition) is 3. The molecule has 0 fully saturated rings. The summed E-state index contributed by atoms with van der Waals surface area (Å²) in [6.45, 7) is 1.87. The lowest BCUT2D eigenvalue weighted by atomic mass is 10.2. The molecule has 24 heavy (non-hydrogen) atoms. The van der Waals surface area contributed by atoms with Crippen LogP contribution in [0.15, 0.2) is 47.8 Å². The van der Waals surface area contributed by atoms with E-state index < -0.39 is 0 Å². The molecule has 0 aliphatic heterocycles. The molecular weight excluding hydrogens is 363 g/mol. The third-order valence-corrected chi connectivity index (χ3v) is 5.13. The summed E-state index contributed by atoms with van der Waals surface area (Å²) in [7, 11) is 0. The number of hydrogen-bond donors (Lipinski definition) is 1. The Balaban J connectivity index is 1.69. The number of thiazole rings is 1. The van der Waals surface area contributed by atoms with E-state index in [1.807, 2.05) is 48.7 Å². The number of anilines is 1. The molecule has 0 bridgehead atoms. The van der Waals surface area contributed by atoms with Gasteiger partial charge in [-0.2, -0.15) is 0 Å². The lowest BCUT2D eigenvalue weighted by molar-refractivity contribution is -0.115. The van der Waals surface area contributed by atoms with E-state index in [1.54, 1.807) is 6.07 Å². The zero-order valence-corrected chi connectivity index (χ0v) is 15.2. The summed E-state index contributed by atoms with van der Waals surface area (Å²) in [6, 6.07) is 12.9. The molecule has 0 saturated carbocycles. The van der Waals surface area contributed by atoms with Crippen LogP contribution in [0.2, 0.25) is 10.0 Å². The van der Waals surface area contributed by atoms with Gasteiger partial charge in [-0.25, -0.2) is 4.98 Å². The van der Waals surface area contributed by atoms with E-state index in [1.165, 1.54) is 11.3 Å². The van der Waals surface area contributed by atoms with Crippen molar-refractivity contribution in [2.75, 3.05) is 5.32 Å². The first-order chi connectivity index (χ1) is 11.5. The molecule has 1 aromatic heterocycles. The first-order valence-electron chi connectivity index (χ1n) is 7.28. The van der Waals surface area contributed by atoms with Gasteiger partial charge in [0.25, 0.3) is 0 Å². The molecule has 0 radical (unpaired) electrons. The molecule has 3 rings (SSSR count). The molecule has 3 nitrogen and oxygen atoms in total. The monoisotopic (exact) mass is 376 g/mol. The predicted molar refractivity (Wildman–Crippen MR) is 101 cm³/mol. The summed E-state index contributed by atoms with van der Waals surface area (Å²) in [6.07, 6.45) is 0.218. The highest BCUT2D eigenvalue weighted by molar-refractivity contribution is 7.13. The van der Waals surface area contributed by atoms with E-state index in [4.69, 9.17) is 23.2 Å². The normalized spacial score (nSPS) is 10.6. The average Bonchev–Trinajstić information content (AvgIpc) is 3.01. The second-order valence-corrected chi connectivity index (χ2v) is 6.99. The Bertz CT molecular complexity index is 875. The Morgan fingerprint density at radius 1 is 1.17 bits per heavy atom. The topological polar surface area (TPSA) is 42.0 Å². The Morgan fingerprint density at radius 3 is 2.67 bits per heavy atom. The molecule has 0 spiro atoms.